The molecular formula is C18H23N3O2S. The predicted octanol–water partition coefficient (Wildman–Crippen LogP) is 3.00. The first-order valence-electron chi connectivity index (χ1n) is 8.36. The monoisotopic (exact) mass is 345 g/mol. The smallest absolute Gasteiger partial charge is 0.245 e. The number of rotatable bonds is 5. The Bertz CT molecular complexity index is 691. The molecule has 2 N–H and O–H groups in total. The normalized spacial score (nSPS) is 17.7. The highest BCUT2D eigenvalue weighted by Crippen LogP contribution is 2.30. The minimum Gasteiger partial charge on any atom is -0.378 e. The maximum Gasteiger partial charge on any atom is 0.245 e. The maximum absolute atomic E-state index is 12.3. The van der Waals surface area contributed by atoms with Gasteiger partial charge in [-0.3, -0.25) is 4.79 Å². The van der Waals surface area contributed by atoms with Gasteiger partial charge in [0.1, 0.15) is 6.04 Å². The van der Waals surface area contributed by atoms with E-state index < -0.39 is 0 Å². The molecule has 0 bridgehead atoms. The number of morpholine rings is 1. The minimum absolute atomic E-state index is 0.0895. The second-order valence-corrected chi connectivity index (χ2v) is 7.14. The quantitative estimate of drug-likeness (QED) is 0.874. The maximum atomic E-state index is 12.3. The fraction of sp³-hybridized carbons (Fsp3) is 0.444. The van der Waals surface area contributed by atoms with E-state index in [-0.39, 0.29) is 11.9 Å². The third kappa shape index (κ3) is 4.01. The van der Waals surface area contributed by atoms with Gasteiger partial charge in [-0.25, -0.2) is 4.98 Å². The van der Waals surface area contributed by atoms with Crippen LogP contribution in [0, 0.1) is 6.92 Å². The number of carbonyl (C=O) groups is 1. The van der Waals surface area contributed by atoms with Crippen molar-refractivity contribution in [1.82, 2.24) is 10.3 Å². The number of aromatic nitrogens is 1. The third-order valence-corrected chi connectivity index (χ3v) is 4.92. The zero-order valence-electron chi connectivity index (χ0n) is 14.1. The van der Waals surface area contributed by atoms with Gasteiger partial charge in [0.05, 0.1) is 18.9 Å². The molecule has 0 saturated carbocycles. The Hall–Kier alpha value is -1.76. The van der Waals surface area contributed by atoms with Crippen molar-refractivity contribution in [3.05, 3.63) is 34.7 Å². The van der Waals surface area contributed by atoms with Crippen LogP contribution in [0.5, 0.6) is 0 Å². The van der Waals surface area contributed by atoms with Crippen LogP contribution in [0.4, 0.5) is 5.13 Å². The summed E-state index contributed by atoms with van der Waals surface area (Å²) >= 11 is 1.50. The van der Waals surface area contributed by atoms with E-state index in [4.69, 9.17) is 4.74 Å². The summed E-state index contributed by atoms with van der Waals surface area (Å²) < 4.78 is 5.33. The molecule has 1 aliphatic heterocycles. The molecule has 1 fully saturated rings. The van der Waals surface area contributed by atoms with Gasteiger partial charge >= 0.3 is 0 Å². The molecular weight excluding hydrogens is 322 g/mol. The van der Waals surface area contributed by atoms with Crippen molar-refractivity contribution in [1.29, 1.82) is 0 Å². The van der Waals surface area contributed by atoms with Crippen molar-refractivity contribution < 1.29 is 9.53 Å². The van der Waals surface area contributed by atoms with Crippen LogP contribution < -0.4 is 10.6 Å². The molecule has 1 atom stereocenters. The number of nitrogens with one attached hydrogen (secondary N) is 2. The summed E-state index contributed by atoms with van der Waals surface area (Å²) in [6.07, 6.45) is 2.23. The standard InChI is InChI=1S/C18H23N3O2S/c1-3-4-13-5-7-14(8-6-13)16-12(2)24-18(20-16)21-17(22)15-11-23-10-9-19-15/h5-8,15,19H,3-4,9-11H2,1-2H3,(H,20,21,22). The molecule has 0 aliphatic carbocycles. The zero-order valence-corrected chi connectivity index (χ0v) is 14.9. The van der Waals surface area contributed by atoms with E-state index in [0.717, 1.165) is 29.0 Å². The second kappa shape index (κ2) is 7.88. The van der Waals surface area contributed by atoms with Gasteiger partial charge in [-0.2, -0.15) is 0 Å². The second-order valence-electron chi connectivity index (χ2n) is 5.94. The summed E-state index contributed by atoms with van der Waals surface area (Å²) in [6.45, 7) is 5.97. The minimum atomic E-state index is -0.306. The lowest BCUT2D eigenvalue weighted by atomic mass is 10.1. The summed E-state index contributed by atoms with van der Waals surface area (Å²) in [5.41, 5.74) is 3.36. The molecule has 0 radical (unpaired) electrons. The van der Waals surface area contributed by atoms with Crippen LogP contribution in [0.2, 0.25) is 0 Å². The van der Waals surface area contributed by atoms with Crippen molar-refractivity contribution in [2.24, 2.45) is 0 Å². The summed E-state index contributed by atoms with van der Waals surface area (Å²) in [6, 6.07) is 8.21. The number of thiazole rings is 1. The van der Waals surface area contributed by atoms with Gasteiger partial charge in [0.15, 0.2) is 5.13 Å². The lowest BCUT2D eigenvalue weighted by Gasteiger charge is -2.22. The first-order valence-corrected chi connectivity index (χ1v) is 9.17. The fourth-order valence-corrected chi connectivity index (χ4v) is 3.60. The molecule has 2 heterocycles. The van der Waals surface area contributed by atoms with Crippen LogP contribution in [0.25, 0.3) is 11.3 Å². The van der Waals surface area contributed by atoms with Crippen molar-refractivity contribution >= 4 is 22.4 Å². The number of nitrogens with zero attached hydrogens (tertiary/aromatic N) is 1. The van der Waals surface area contributed by atoms with Crippen molar-refractivity contribution in [2.75, 3.05) is 25.1 Å². The number of hydrogen-bond acceptors (Lipinski definition) is 5. The Morgan fingerprint density at radius 3 is 2.88 bits per heavy atom. The molecule has 2 aromatic rings. The van der Waals surface area contributed by atoms with Crippen LogP contribution in [0.15, 0.2) is 24.3 Å². The molecule has 5 nitrogen and oxygen atoms in total. The summed E-state index contributed by atoms with van der Waals surface area (Å²) in [4.78, 5) is 18.0. The molecule has 128 valence electrons. The molecule has 0 spiro atoms. The number of hydrogen-bond donors (Lipinski definition) is 2. The molecule has 1 aliphatic rings. The number of aryl methyl sites for hydroxylation is 2. The van der Waals surface area contributed by atoms with Crippen molar-refractivity contribution in [2.45, 2.75) is 32.7 Å². The van der Waals surface area contributed by atoms with Gasteiger partial charge in [-0.1, -0.05) is 37.6 Å². The van der Waals surface area contributed by atoms with Gasteiger partial charge in [-0.05, 0) is 18.9 Å². The fourth-order valence-electron chi connectivity index (χ4n) is 2.76. The molecule has 1 amide bonds. The van der Waals surface area contributed by atoms with Crippen LogP contribution in [0.3, 0.4) is 0 Å². The Balaban J connectivity index is 1.71. The van der Waals surface area contributed by atoms with E-state index in [2.05, 4.69) is 46.8 Å². The molecule has 1 unspecified atom stereocenters. The van der Waals surface area contributed by atoms with Crippen LogP contribution in [0.1, 0.15) is 23.8 Å². The topological polar surface area (TPSA) is 63.2 Å². The number of carbonyl (C=O) groups excluding carboxylic acids is 1. The van der Waals surface area contributed by atoms with Crippen molar-refractivity contribution in [3.63, 3.8) is 0 Å². The molecule has 1 aromatic heterocycles. The van der Waals surface area contributed by atoms with Gasteiger partial charge in [0.25, 0.3) is 0 Å². The highest BCUT2D eigenvalue weighted by Gasteiger charge is 2.22. The Morgan fingerprint density at radius 2 is 2.21 bits per heavy atom. The highest BCUT2D eigenvalue weighted by atomic mass is 32.1. The van der Waals surface area contributed by atoms with Crippen LogP contribution in [-0.4, -0.2) is 36.7 Å². The molecule has 24 heavy (non-hydrogen) atoms. The number of ether oxygens (including phenoxy) is 1. The Kier molecular flexibility index (Phi) is 5.60. The highest BCUT2D eigenvalue weighted by molar-refractivity contribution is 7.16. The number of anilines is 1. The molecule has 1 aromatic carbocycles. The summed E-state index contributed by atoms with van der Waals surface area (Å²) in [7, 11) is 0. The number of benzene rings is 1. The largest absolute Gasteiger partial charge is 0.378 e. The zero-order chi connectivity index (χ0) is 16.9. The Morgan fingerprint density at radius 1 is 1.42 bits per heavy atom. The van der Waals surface area contributed by atoms with Crippen LogP contribution >= 0.6 is 11.3 Å². The van der Waals surface area contributed by atoms with Crippen molar-refractivity contribution in [3.8, 4) is 11.3 Å². The van der Waals surface area contributed by atoms with E-state index in [1.165, 1.54) is 16.9 Å². The van der Waals surface area contributed by atoms with Gasteiger partial charge < -0.3 is 15.4 Å². The van der Waals surface area contributed by atoms with E-state index in [0.29, 0.717) is 24.9 Å². The molecule has 6 heteroatoms. The van der Waals surface area contributed by atoms with E-state index in [9.17, 15) is 4.79 Å². The first-order chi connectivity index (χ1) is 11.7. The van der Waals surface area contributed by atoms with Crippen LogP contribution in [-0.2, 0) is 16.0 Å². The average molecular weight is 345 g/mol. The number of amides is 1. The third-order valence-electron chi connectivity index (χ3n) is 4.03. The average Bonchev–Trinajstić information content (AvgIpc) is 2.97. The Labute approximate surface area is 146 Å². The summed E-state index contributed by atoms with van der Waals surface area (Å²) in [5.74, 6) is -0.0895. The van der Waals surface area contributed by atoms with E-state index in [1.807, 2.05) is 6.92 Å². The van der Waals surface area contributed by atoms with Gasteiger partial charge in [0.2, 0.25) is 5.91 Å². The van der Waals surface area contributed by atoms with E-state index >= 15 is 0 Å². The van der Waals surface area contributed by atoms with Gasteiger partial charge in [0, 0.05) is 17.0 Å². The summed E-state index contributed by atoms with van der Waals surface area (Å²) in [5, 5.41) is 6.69. The lowest BCUT2D eigenvalue weighted by Crippen LogP contribution is -2.48. The predicted molar refractivity (Wildman–Crippen MR) is 97.5 cm³/mol. The molecule has 1 saturated heterocycles. The van der Waals surface area contributed by atoms with Gasteiger partial charge in [-0.15, -0.1) is 11.3 Å². The lowest BCUT2D eigenvalue weighted by molar-refractivity contribution is -0.120. The SMILES string of the molecule is CCCc1ccc(-c2nc(NC(=O)C3COCCN3)sc2C)cc1. The molecule has 3 rings (SSSR count). The first kappa shape index (κ1) is 17.1. The van der Waals surface area contributed by atoms with E-state index in [1.54, 1.807) is 0 Å².